The lowest BCUT2D eigenvalue weighted by Crippen LogP contribution is -2.44. The van der Waals surface area contributed by atoms with E-state index >= 15 is 0 Å². The lowest BCUT2D eigenvalue weighted by Gasteiger charge is -2.33. The Labute approximate surface area is 175 Å². The van der Waals surface area contributed by atoms with E-state index in [9.17, 15) is 0 Å². The van der Waals surface area contributed by atoms with Crippen molar-refractivity contribution in [2.45, 2.75) is 26.0 Å². The number of ether oxygens (including phenoxy) is 2. The molecule has 4 nitrogen and oxygen atoms in total. The van der Waals surface area contributed by atoms with E-state index in [1.54, 1.807) is 0 Å². The molecule has 0 saturated carbocycles. The molecule has 150 valence electrons. The first-order valence-electron chi connectivity index (χ1n) is 9.18. The Morgan fingerprint density at radius 3 is 2.59 bits per heavy atom. The summed E-state index contributed by atoms with van der Waals surface area (Å²) < 4.78 is 11.8. The van der Waals surface area contributed by atoms with Gasteiger partial charge in [-0.3, -0.25) is 4.90 Å². The summed E-state index contributed by atoms with van der Waals surface area (Å²) in [6, 6.07) is 18.8. The highest BCUT2D eigenvalue weighted by atomic mass is 35.5. The molecule has 6 heteroatoms. The maximum atomic E-state index is 5.94. The van der Waals surface area contributed by atoms with Crippen molar-refractivity contribution in [2.24, 2.45) is 0 Å². The number of morpholine rings is 1. The van der Waals surface area contributed by atoms with Gasteiger partial charge in [0.25, 0.3) is 0 Å². The van der Waals surface area contributed by atoms with E-state index in [4.69, 9.17) is 9.47 Å². The maximum Gasteiger partial charge on any atom is 0.142 e. The Balaban J connectivity index is 0.00000182. The minimum atomic E-state index is 0. The summed E-state index contributed by atoms with van der Waals surface area (Å²) in [5.74, 6) is 0.918. The average Bonchev–Trinajstić information content (AvgIpc) is 2.66. The smallest absolute Gasteiger partial charge is 0.142 e. The van der Waals surface area contributed by atoms with Gasteiger partial charge in [-0.05, 0) is 24.1 Å². The van der Waals surface area contributed by atoms with Crippen LogP contribution < -0.4 is 10.1 Å². The summed E-state index contributed by atoms with van der Waals surface area (Å²) in [5.41, 5.74) is 2.40. The first kappa shape index (κ1) is 23.6. The van der Waals surface area contributed by atoms with Crippen LogP contribution in [0.4, 0.5) is 5.69 Å². The third kappa shape index (κ3) is 7.59. The van der Waals surface area contributed by atoms with Crippen LogP contribution in [0.15, 0.2) is 54.6 Å². The summed E-state index contributed by atoms with van der Waals surface area (Å²) >= 11 is 0. The Morgan fingerprint density at radius 1 is 1.07 bits per heavy atom. The fourth-order valence-corrected chi connectivity index (χ4v) is 3.06. The number of para-hydroxylation sites is 2. The van der Waals surface area contributed by atoms with Crippen molar-refractivity contribution in [1.82, 2.24) is 4.90 Å². The quantitative estimate of drug-likeness (QED) is 0.684. The number of hydrogen-bond donors (Lipinski definition) is 1. The van der Waals surface area contributed by atoms with Gasteiger partial charge in [0.1, 0.15) is 5.75 Å². The van der Waals surface area contributed by atoms with Crippen molar-refractivity contribution < 1.29 is 9.47 Å². The molecule has 1 aliphatic rings. The molecule has 1 atom stereocenters. The number of halogens is 2. The van der Waals surface area contributed by atoms with E-state index in [1.807, 2.05) is 18.2 Å². The minimum Gasteiger partial charge on any atom is -0.491 e. The molecule has 2 aromatic carbocycles. The highest BCUT2D eigenvalue weighted by Crippen LogP contribution is 2.24. The van der Waals surface area contributed by atoms with Gasteiger partial charge in [0, 0.05) is 26.2 Å². The Hall–Kier alpha value is -1.46. The van der Waals surface area contributed by atoms with Crippen molar-refractivity contribution in [1.29, 1.82) is 0 Å². The van der Waals surface area contributed by atoms with Crippen LogP contribution >= 0.6 is 24.8 Å². The molecule has 0 bridgehead atoms. The molecule has 3 rings (SSSR count). The molecule has 1 N–H and O–H groups in total. The van der Waals surface area contributed by atoms with E-state index in [0.717, 1.165) is 57.3 Å². The molecule has 1 fully saturated rings. The van der Waals surface area contributed by atoms with Crippen LogP contribution in [0.3, 0.4) is 0 Å². The standard InChI is InChI=1S/C21H28N2O2.2ClH/c1-2-13-25-21-11-7-6-10-20(21)22-15-19-17-23(12-14-24-19)16-18-8-4-3-5-9-18;;/h3-11,19,22H,2,12-17H2,1H3;2*1H. The third-order valence-electron chi connectivity index (χ3n) is 4.34. The summed E-state index contributed by atoms with van der Waals surface area (Å²) in [6.45, 7) is 7.35. The van der Waals surface area contributed by atoms with Crippen LogP contribution in [0.1, 0.15) is 18.9 Å². The average molecular weight is 413 g/mol. The minimum absolute atomic E-state index is 0. The number of anilines is 1. The van der Waals surface area contributed by atoms with E-state index in [-0.39, 0.29) is 30.9 Å². The molecule has 1 saturated heterocycles. The van der Waals surface area contributed by atoms with Gasteiger partial charge in [0.15, 0.2) is 0 Å². The Kier molecular flexibility index (Phi) is 11.2. The van der Waals surface area contributed by atoms with Crippen LogP contribution in [0, 0.1) is 0 Å². The Morgan fingerprint density at radius 2 is 1.81 bits per heavy atom. The third-order valence-corrected chi connectivity index (χ3v) is 4.34. The van der Waals surface area contributed by atoms with E-state index in [2.05, 4.69) is 53.5 Å². The summed E-state index contributed by atoms with van der Waals surface area (Å²) in [6.07, 6.45) is 1.20. The van der Waals surface area contributed by atoms with Gasteiger partial charge in [-0.25, -0.2) is 0 Å². The fraction of sp³-hybridized carbons (Fsp3) is 0.429. The largest absolute Gasteiger partial charge is 0.491 e. The second-order valence-electron chi connectivity index (χ2n) is 6.44. The predicted octanol–water partition coefficient (Wildman–Crippen LogP) is 4.63. The van der Waals surface area contributed by atoms with Crippen molar-refractivity contribution in [2.75, 3.05) is 38.2 Å². The molecule has 1 heterocycles. The summed E-state index contributed by atoms with van der Waals surface area (Å²) in [5, 5.41) is 3.50. The second-order valence-corrected chi connectivity index (χ2v) is 6.44. The van der Waals surface area contributed by atoms with Crippen LogP contribution in [0.25, 0.3) is 0 Å². The second kappa shape index (κ2) is 12.8. The zero-order valence-corrected chi connectivity index (χ0v) is 17.4. The summed E-state index contributed by atoms with van der Waals surface area (Å²) in [4.78, 5) is 2.46. The maximum absolute atomic E-state index is 5.94. The van der Waals surface area contributed by atoms with E-state index < -0.39 is 0 Å². The van der Waals surface area contributed by atoms with Gasteiger partial charge in [-0.2, -0.15) is 0 Å². The molecular formula is C21H30Cl2N2O2. The van der Waals surface area contributed by atoms with Crippen molar-refractivity contribution >= 4 is 30.5 Å². The summed E-state index contributed by atoms with van der Waals surface area (Å²) in [7, 11) is 0. The zero-order chi connectivity index (χ0) is 17.3. The Bertz CT molecular complexity index is 643. The monoisotopic (exact) mass is 412 g/mol. The molecule has 1 aliphatic heterocycles. The normalized spacial score (nSPS) is 16.7. The first-order chi connectivity index (χ1) is 12.3. The molecule has 27 heavy (non-hydrogen) atoms. The van der Waals surface area contributed by atoms with Crippen molar-refractivity contribution in [3.63, 3.8) is 0 Å². The van der Waals surface area contributed by atoms with Crippen LogP contribution in [0.5, 0.6) is 5.75 Å². The molecule has 1 unspecified atom stereocenters. The molecule has 0 aromatic heterocycles. The highest BCUT2D eigenvalue weighted by molar-refractivity contribution is 5.85. The van der Waals surface area contributed by atoms with E-state index in [0.29, 0.717) is 0 Å². The van der Waals surface area contributed by atoms with Gasteiger partial charge in [-0.15, -0.1) is 24.8 Å². The molecule has 2 aromatic rings. The van der Waals surface area contributed by atoms with Crippen LogP contribution in [-0.2, 0) is 11.3 Å². The molecule has 0 radical (unpaired) electrons. The number of nitrogens with zero attached hydrogens (tertiary/aromatic N) is 1. The van der Waals surface area contributed by atoms with Crippen molar-refractivity contribution in [3.05, 3.63) is 60.2 Å². The van der Waals surface area contributed by atoms with Gasteiger partial charge in [-0.1, -0.05) is 49.4 Å². The van der Waals surface area contributed by atoms with Crippen LogP contribution in [-0.4, -0.2) is 43.9 Å². The number of nitrogens with one attached hydrogen (secondary N) is 1. The number of hydrogen-bond acceptors (Lipinski definition) is 4. The SMILES string of the molecule is CCCOc1ccccc1NCC1CN(Cc2ccccc2)CCO1.Cl.Cl. The van der Waals surface area contributed by atoms with Crippen LogP contribution in [0.2, 0.25) is 0 Å². The van der Waals surface area contributed by atoms with Gasteiger partial charge < -0.3 is 14.8 Å². The van der Waals surface area contributed by atoms with Gasteiger partial charge >= 0.3 is 0 Å². The van der Waals surface area contributed by atoms with E-state index in [1.165, 1.54) is 5.56 Å². The topological polar surface area (TPSA) is 33.7 Å². The fourth-order valence-electron chi connectivity index (χ4n) is 3.06. The predicted molar refractivity (Wildman–Crippen MR) is 117 cm³/mol. The van der Waals surface area contributed by atoms with Crippen molar-refractivity contribution in [3.8, 4) is 5.75 Å². The number of rotatable bonds is 8. The molecule has 0 spiro atoms. The molecular weight excluding hydrogens is 383 g/mol. The zero-order valence-electron chi connectivity index (χ0n) is 15.8. The van der Waals surface area contributed by atoms with Gasteiger partial charge in [0.05, 0.1) is 25.0 Å². The highest BCUT2D eigenvalue weighted by Gasteiger charge is 2.20. The molecule has 0 aliphatic carbocycles. The number of benzene rings is 2. The van der Waals surface area contributed by atoms with Gasteiger partial charge in [0.2, 0.25) is 0 Å². The molecule has 0 amide bonds. The lowest BCUT2D eigenvalue weighted by molar-refractivity contribution is -0.0240. The lowest BCUT2D eigenvalue weighted by atomic mass is 10.2. The first-order valence-corrected chi connectivity index (χ1v) is 9.18.